The molecule has 0 spiro atoms. The Balaban J connectivity index is 1.49. The van der Waals surface area contributed by atoms with Gasteiger partial charge in [0, 0.05) is 6.61 Å². The predicted molar refractivity (Wildman–Crippen MR) is 189 cm³/mol. The highest BCUT2D eigenvalue weighted by molar-refractivity contribution is 5.64. The summed E-state index contributed by atoms with van der Waals surface area (Å²) in [5.41, 5.74) is 3.74. The lowest BCUT2D eigenvalue weighted by Crippen LogP contribution is -2.01. The zero-order valence-corrected chi connectivity index (χ0v) is 28.7. The second kappa shape index (κ2) is 26.6. The maximum atomic E-state index is 6.15. The molecule has 0 aromatic heterocycles. The molecule has 0 amide bonds. The summed E-state index contributed by atoms with van der Waals surface area (Å²) >= 11 is 0. The molecule has 0 radical (unpaired) electrons. The van der Waals surface area contributed by atoms with E-state index >= 15 is 0 Å². The first kappa shape index (κ1) is 37.4. The minimum absolute atomic E-state index is 0.147. The Morgan fingerprint density at radius 3 is 1.19 bits per heavy atom. The lowest BCUT2D eigenvalue weighted by Gasteiger charge is -2.14. The summed E-state index contributed by atoms with van der Waals surface area (Å²) in [7, 11) is 0. The highest BCUT2D eigenvalue weighted by Gasteiger charge is 2.07. The number of unbranched alkanes of at least 4 members (excludes halogenated alkanes) is 21. The molecule has 2 nitrogen and oxygen atoms in total. The second-order valence-corrected chi connectivity index (χ2v) is 12.9. The topological polar surface area (TPSA) is 18.5 Å². The lowest BCUT2D eigenvalue weighted by molar-refractivity contribution is 0.0627. The Kier molecular flexibility index (Phi) is 23.1. The number of hydrogen-bond acceptors (Lipinski definition) is 2. The Morgan fingerprint density at radius 2 is 0.767 bits per heavy atom. The van der Waals surface area contributed by atoms with Crippen LogP contribution < -0.4 is 4.74 Å². The van der Waals surface area contributed by atoms with E-state index in [0.29, 0.717) is 0 Å². The molecule has 244 valence electrons. The van der Waals surface area contributed by atoms with E-state index in [2.05, 4.69) is 69.3 Å². The van der Waals surface area contributed by atoms with Crippen LogP contribution in [-0.4, -0.2) is 13.2 Å². The van der Waals surface area contributed by atoms with Gasteiger partial charge in [0.2, 0.25) is 0 Å². The smallest absolute Gasteiger partial charge is 0.119 e. The molecule has 0 aliphatic heterocycles. The fourth-order valence-corrected chi connectivity index (χ4v) is 5.95. The first-order valence-electron chi connectivity index (χ1n) is 18.7. The van der Waals surface area contributed by atoms with Gasteiger partial charge in [0.05, 0.1) is 12.7 Å². The summed E-state index contributed by atoms with van der Waals surface area (Å²) in [4.78, 5) is 0. The Morgan fingerprint density at radius 1 is 0.419 bits per heavy atom. The molecule has 2 aromatic carbocycles. The third-order valence-electron chi connectivity index (χ3n) is 8.95. The van der Waals surface area contributed by atoms with Crippen molar-refractivity contribution in [3.63, 3.8) is 0 Å². The van der Waals surface area contributed by atoms with Crippen LogP contribution in [0.2, 0.25) is 0 Å². The monoisotopic (exact) mass is 593 g/mol. The molecule has 43 heavy (non-hydrogen) atoms. The van der Waals surface area contributed by atoms with Crippen LogP contribution in [-0.2, 0) is 4.74 Å². The van der Waals surface area contributed by atoms with E-state index in [9.17, 15) is 0 Å². The van der Waals surface area contributed by atoms with Crippen molar-refractivity contribution in [3.8, 4) is 16.9 Å². The third-order valence-corrected chi connectivity index (χ3v) is 8.95. The summed E-state index contributed by atoms with van der Waals surface area (Å²) in [6.07, 6.45) is 31.7. The number of ether oxygens (including phenoxy) is 2. The van der Waals surface area contributed by atoms with Crippen LogP contribution in [0.25, 0.3) is 11.1 Å². The van der Waals surface area contributed by atoms with Crippen molar-refractivity contribution in [1.82, 2.24) is 0 Å². The maximum absolute atomic E-state index is 6.15. The Labute approximate surface area is 267 Å². The quantitative estimate of drug-likeness (QED) is 0.0875. The standard InChI is InChI=1S/C41H68O2/c1-4-6-8-10-12-14-16-17-18-20-22-24-26-36-43-41-33-31-40(32-34-41)39-29-27-38(28-30-39)37(3)42-35-25-23-21-19-15-13-11-9-7-5-2/h27-34,37H,4-26,35-36H2,1-3H3. The van der Waals surface area contributed by atoms with Gasteiger partial charge in [-0.15, -0.1) is 0 Å². The molecule has 0 bridgehead atoms. The van der Waals surface area contributed by atoms with E-state index in [1.54, 1.807) is 0 Å². The highest BCUT2D eigenvalue weighted by Crippen LogP contribution is 2.26. The molecule has 0 saturated carbocycles. The number of benzene rings is 2. The van der Waals surface area contributed by atoms with Gasteiger partial charge in [-0.05, 0) is 48.6 Å². The molecule has 2 aromatic rings. The predicted octanol–water partition coefficient (Wildman–Crippen LogP) is 13.8. The summed E-state index contributed by atoms with van der Waals surface area (Å²) < 4.78 is 12.2. The lowest BCUT2D eigenvalue weighted by atomic mass is 10.0. The van der Waals surface area contributed by atoms with Crippen LogP contribution in [0.15, 0.2) is 48.5 Å². The first-order valence-corrected chi connectivity index (χ1v) is 18.7. The van der Waals surface area contributed by atoms with Crippen LogP contribution in [0, 0.1) is 0 Å². The summed E-state index contributed by atoms with van der Waals surface area (Å²) in [5, 5.41) is 0. The van der Waals surface area contributed by atoms with Crippen LogP contribution >= 0.6 is 0 Å². The molecule has 1 atom stereocenters. The van der Waals surface area contributed by atoms with Crippen molar-refractivity contribution >= 4 is 0 Å². The third kappa shape index (κ3) is 19.3. The van der Waals surface area contributed by atoms with Crippen molar-refractivity contribution in [2.75, 3.05) is 13.2 Å². The van der Waals surface area contributed by atoms with Crippen LogP contribution in [0.1, 0.15) is 180 Å². The van der Waals surface area contributed by atoms with Crippen molar-refractivity contribution in [2.45, 2.75) is 175 Å². The molecule has 0 fully saturated rings. The van der Waals surface area contributed by atoms with Crippen molar-refractivity contribution < 1.29 is 9.47 Å². The van der Waals surface area contributed by atoms with Gasteiger partial charge in [-0.25, -0.2) is 0 Å². The van der Waals surface area contributed by atoms with Gasteiger partial charge in [-0.1, -0.05) is 185 Å². The van der Waals surface area contributed by atoms with E-state index in [-0.39, 0.29) is 6.10 Å². The van der Waals surface area contributed by atoms with E-state index in [1.165, 1.54) is 158 Å². The summed E-state index contributed by atoms with van der Waals surface area (Å²) in [5.74, 6) is 0.980. The van der Waals surface area contributed by atoms with Crippen LogP contribution in [0.3, 0.4) is 0 Å². The van der Waals surface area contributed by atoms with E-state index < -0.39 is 0 Å². The van der Waals surface area contributed by atoms with Crippen LogP contribution in [0.5, 0.6) is 5.75 Å². The molecule has 2 rings (SSSR count). The van der Waals surface area contributed by atoms with Crippen molar-refractivity contribution in [2.24, 2.45) is 0 Å². The fourth-order valence-electron chi connectivity index (χ4n) is 5.95. The van der Waals surface area contributed by atoms with Gasteiger partial charge in [-0.2, -0.15) is 0 Å². The average molecular weight is 593 g/mol. The van der Waals surface area contributed by atoms with Crippen LogP contribution in [0.4, 0.5) is 0 Å². The van der Waals surface area contributed by atoms with E-state index in [1.807, 2.05) is 0 Å². The molecule has 2 heteroatoms. The molecule has 0 aliphatic rings. The number of hydrogen-bond donors (Lipinski definition) is 0. The summed E-state index contributed by atoms with van der Waals surface area (Å²) in [6.45, 7) is 8.44. The highest BCUT2D eigenvalue weighted by atomic mass is 16.5. The van der Waals surface area contributed by atoms with Gasteiger partial charge in [0.1, 0.15) is 5.75 Å². The molecule has 0 saturated heterocycles. The average Bonchev–Trinajstić information content (AvgIpc) is 3.04. The first-order chi connectivity index (χ1) is 21.2. The molecule has 0 aliphatic carbocycles. The molecule has 1 unspecified atom stereocenters. The normalized spacial score (nSPS) is 12.1. The molecule has 0 N–H and O–H groups in total. The second-order valence-electron chi connectivity index (χ2n) is 12.9. The minimum atomic E-state index is 0.147. The van der Waals surface area contributed by atoms with Gasteiger partial charge < -0.3 is 9.47 Å². The Bertz CT molecular complexity index is 856. The van der Waals surface area contributed by atoms with Gasteiger partial charge in [0.25, 0.3) is 0 Å². The van der Waals surface area contributed by atoms with Gasteiger partial charge >= 0.3 is 0 Å². The molecule has 0 heterocycles. The molecular formula is C41H68O2. The van der Waals surface area contributed by atoms with Gasteiger partial charge in [-0.3, -0.25) is 0 Å². The zero-order chi connectivity index (χ0) is 30.6. The van der Waals surface area contributed by atoms with Gasteiger partial charge in [0.15, 0.2) is 0 Å². The van der Waals surface area contributed by atoms with E-state index in [4.69, 9.17) is 9.47 Å². The fraction of sp³-hybridized carbons (Fsp3) is 0.707. The number of rotatable bonds is 29. The Hall–Kier alpha value is -1.80. The zero-order valence-electron chi connectivity index (χ0n) is 28.7. The minimum Gasteiger partial charge on any atom is -0.494 e. The van der Waals surface area contributed by atoms with E-state index in [0.717, 1.165) is 25.4 Å². The molecular weight excluding hydrogens is 524 g/mol. The summed E-state index contributed by atoms with van der Waals surface area (Å²) in [6, 6.07) is 17.5. The largest absolute Gasteiger partial charge is 0.494 e. The SMILES string of the molecule is CCCCCCCCCCCCCCCOc1ccc(-c2ccc(C(C)OCCCCCCCCCCCC)cc2)cc1. The maximum Gasteiger partial charge on any atom is 0.119 e. The van der Waals surface area contributed by atoms with Crippen molar-refractivity contribution in [3.05, 3.63) is 54.1 Å². The van der Waals surface area contributed by atoms with Crippen molar-refractivity contribution in [1.29, 1.82) is 0 Å².